The summed E-state index contributed by atoms with van der Waals surface area (Å²) in [6.45, 7) is 4.66. The summed E-state index contributed by atoms with van der Waals surface area (Å²) < 4.78 is 6.55. The van der Waals surface area contributed by atoms with E-state index in [1.807, 2.05) is 0 Å². The third kappa shape index (κ3) is 1.73. The fourth-order valence-corrected chi connectivity index (χ4v) is 5.92. The highest BCUT2D eigenvalue weighted by Gasteiger charge is 2.61. The Morgan fingerprint density at radius 1 is 1.28 bits per heavy atom. The fraction of sp³-hybridized carbons (Fsp3) is 0.545. The fourth-order valence-electron chi connectivity index (χ4n) is 5.92. The highest BCUT2D eigenvalue weighted by Crippen LogP contribution is 2.61. The van der Waals surface area contributed by atoms with Crippen molar-refractivity contribution in [2.75, 3.05) is 19.7 Å². The molecule has 2 heterocycles. The normalized spacial score (nSPS) is 35.0. The van der Waals surface area contributed by atoms with Crippen LogP contribution < -0.4 is 4.74 Å². The number of nitrogens with zero attached hydrogens (tertiary/aromatic N) is 1. The number of aliphatic hydroxyl groups is 1. The standard InChI is InChI=1S/C22H25NO2/c1-13-2-5-15-10-18-17-7-6-16(12-24)21-22(17,19(15)20(13)25-21)8-9-23(18)11-14-3-4-14/h2,5-7,14,18,21,24H,3-4,8-12H2,1H3/t18-,21?,22?/m0/s1. The van der Waals surface area contributed by atoms with Crippen LogP contribution in [0.3, 0.4) is 0 Å². The Hall–Kier alpha value is -1.58. The van der Waals surface area contributed by atoms with Crippen molar-refractivity contribution in [3.05, 3.63) is 52.1 Å². The molecular weight excluding hydrogens is 310 g/mol. The first-order valence-corrected chi connectivity index (χ1v) is 9.78. The second-order valence-electron chi connectivity index (χ2n) is 8.64. The molecule has 1 aromatic rings. The van der Waals surface area contributed by atoms with Gasteiger partial charge < -0.3 is 9.84 Å². The van der Waals surface area contributed by atoms with Gasteiger partial charge >= 0.3 is 0 Å². The van der Waals surface area contributed by atoms with Crippen LogP contribution in [0.15, 0.2) is 35.4 Å². The van der Waals surface area contributed by atoms with Crippen LogP contribution in [0.4, 0.5) is 0 Å². The zero-order valence-electron chi connectivity index (χ0n) is 14.8. The Morgan fingerprint density at radius 2 is 2.16 bits per heavy atom. The third-order valence-electron chi connectivity index (χ3n) is 7.28. The highest BCUT2D eigenvalue weighted by molar-refractivity contribution is 5.66. The lowest BCUT2D eigenvalue weighted by Gasteiger charge is -2.54. The molecule has 3 aliphatic carbocycles. The Kier molecular flexibility index (Phi) is 2.78. The van der Waals surface area contributed by atoms with Gasteiger partial charge in [-0.15, -0.1) is 0 Å². The average Bonchev–Trinajstić information content (AvgIpc) is 3.37. The molecule has 25 heavy (non-hydrogen) atoms. The second kappa shape index (κ2) is 4.77. The first-order valence-electron chi connectivity index (χ1n) is 9.78. The number of aliphatic hydroxyl groups excluding tert-OH is 1. The van der Waals surface area contributed by atoms with Crippen molar-refractivity contribution in [2.45, 2.75) is 50.2 Å². The minimum absolute atomic E-state index is 0.00164. The van der Waals surface area contributed by atoms with Gasteiger partial charge in [-0.3, -0.25) is 4.90 Å². The molecule has 2 bridgehead atoms. The number of allylic oxidation sites excluding steroid dienone is 2. The molecule has 0 aromatic heterocycles. The lowest BCUT2D eigenvalue weighted by molar-refractivity contribution is 0.0866. The summed E-state index contributed by atoms with van der Waals surface area (Å²) in [6.07, 6.45) is 9.52. The maximum Gasteiger partial charge on any atom is 0.136 e. The molecule has 1 saturated carbocycles. The van der Waals surface area contributed by atoms with E-state index in [0.29, 0.717) is 6.04 Å². The van der Waals surface area contributed by atoms with Gasteiger partial charge in [0.15, 0.2) is 0 Å². The number of hydrogen-bond acceptors (Lipinski definition) is 3. The van der Waals surface area contributed by atoms with E-state index in [0.717, 1.165) is 36.6 Å². The van der Waals surface area contributed by atoms with Crippen molar-refractivity contribution >= 4 is 0 Å². The average molecular weight is 335 g/mol. The molecule has 2 fully saturated rings. The smallest absolute Gasteiger partial charge is 0.136 e. The summed E-state index contributed by atoms with van der Waals surface area (Å²) in [5.41, 5.74) is 6.74. The molecule has 130 valence electrons. The summed E-state index contributed by atoms with van der Waals surface area (Å²) in [7, 11) is 0. The van der Waals surface area contributed by atoms with Crippen LogP contribution in [0.1, 0.15) is 36.0 Å². The third-order valence-corrected chi connectivity index (χ3v) is 7.28. The van der Waals surface area contributed by atoms with Gasteiger partial charge in [0.1, 0.15) is 11.9 Å². The maximum atomic E-state index is 9.95. The van der Waals surface area contributed by atoms with E-state index in [1.54, 1.807) is 5.57 Å². The molecule has 1 saturated heterocycles. The van der Waals surface area contributed by atoms with Gasteiger partial charge in [0.2, 0.25) is 0 Å². The predicted molar refractivity (Wildman–Crippen MR) is 96.9 cm³/mol. The molecule has 2 unspecified atom stereocenters. The number of aryl methyl sites for hydroxylation is 1. The molecule has 6 rings (SSSR count). The van der Waals surface area contributed by atoms with Crippen LogP contribution in [0.5, 0.6) is 5.75 Å². The van der Waals surface area contributed by atoms with Gasteiger partial charge in [-0.05, 0) is 60.8 Å². The molecule has 3 atom stereocenters. The lowest BCUT2D eigenvalue weighted by atomic mass is 9.56. The minimum Gasteiger partial charge on any atom is -0.484 e. The number of benzene rings is 1. The highest BCUT2D eigenvalue weighted by atomic mass is 16.5. The van der Waals surface area contributed by atoms with Crippen molar-refractivity contribution < 1.29 is 9.84 Å². The van der Waals surface area contributed by atoms with Gasteiger partial charge in [-0.2, -0.15) is 0 Å². The number of hydrogen-bond donors (Lipinski definition) is 1. The molecule has 5 aliphatic rings. The summed E-state index contributed by atoms with van der Waals surface area (Å²) in [6, 6.07) is 5.07. The second-order valence-corrected chi connectivity index (χ2v) is 8.64. The SMILES string of the molecule is Cc1ccc2c3c1OC1C(CO)=CC=C4[C@H](C2)N(CC2CC2)CCC431. The number of rotatable bonds is 3. The van der Waals surface area contributed by atoms with Gasteiger partial charge in [0, 0.05) is 24.7 Å². The molecule has 1 N–H and O–H groups in total. The first-order chi connectivity index (χ1) is 12.2. The molecule has 3 nitrogen and oxygen atoms in total. The van der Waals surface area contributed by atoms with E-state index >= 15 is 0 Å². The Balaban J connectivity index is 1.57. The quantitative estimate of drug-likeness (QED) is 0.922. The zero-order valence-corrected chi connectivity index (χ0v) is 14.8. The van der Waals surface area contributed by atoms with Crippen LogP contribution in [-0.2, 0) is 11.8 Å². The molecule has 1 aromatic carbocycles. The number of ether oxygens (including phenoxy) is 1. The minimum atomic E-state index is -0.0214. The van der Waals surface area contributed by atoms with Gasteiger partial charge in [-0.25, -0.2) is 0 Å². The molecular formula is C22H25NO2. The van der Waals surface area contributed by atoms with E-state index in [-0.39, 0.29) is 18.1 Å². The summed E-state index contributed by atoms with van der Waals surface area (Å²) in [5.74, 6) is 2.02. The van der Waals surface area contributed by atoms with Crippen molar-refractivity contribution in [3.63, 3.8) is 0 Å². The van der Waals surface area contributed by atoms with E-state index in [9.17, 15) is 5.11 Å². The van der Waals surface area contributed by atoms with Crippen molar-refractivity contribution in [1.29, 1.82) is 0 Å². The van der Waals surface area contributed by atoms with Crippen LogP contribution in [-0.4, -0.2) is 41.8 Å². The number of likely N-dealkylation sites (tertiary alicyclic amines) is 1. The van der Waals surface area contributed by atoms with Crippen LogP contribution in [0, 0.1) is 12.8 Å². The van der Waals surface area contributed by atoms with Gasteiger partial charge in [0.05, 0.1) is 12.0 Å². The van der Waals surface area contributed by atoms with E-state index in [2.05, 4.69) is 36.1 Å². The zero-order chi connectivity index (χ0) is 16.8. The van der Waals surface area contributed by atoms with Crippen LogP contribution in [0.25, 0.3) is 0 Å². The summed E-state index contributed by atoms with van der Waals surface area (Å²) >= 11 is 0. The predicted octanol–water partition coefficient (Wildman–Crippen LogP) is 2.89. The molecule has 3 heteroatoms. The maximum absolute atomic E-state index is 9.95. The molecule has 1 spiro atoms. The Bertz CT molecular complexity index is 835. The molecule has 0 amide bonds. The summed E-state index contributed by atoms with van der Waals surface area (Å²) in [5, 5.41) is 9.95. The molecule has 0 radical (unpaired) electrons. The van der Waals surface area contributed by atoms with E-state index in [1.165, 1.54) is 36.1 Å². The van der Waals surface area contributed by atoms with E-state index in [4.69, 9.17) is 4.74 Å². The Labute approximate surface area is 149 Å². The van der Waals surface area contributed by atoms with Crippen molar-refractivity contribution in [1.82, 2.24) is 4.90 Å². The van der Waals surface area contributed by atoms with Crippen molar-refractivity contribution in [3.8, 4) is 5.75 Å². The van der Waals surface area contributed by atoms with Gasteiger partial charge in [0.25, 0.3) is 0 Å². The Morgan fingerprint density at radius 3 is 2.96 bits per heavy atom. The van der Waals surface area contributed by atoms with Crippen LogP contribution >= 0.6 is 0 Å². The number of piperidine rings is 1. The molecule has 2 aliphatic heterocycles. The summed E-state index contributed by atoms with van der Waals surface area (Å²) in [4.78, 5) is 2.74. The van der Waals surface area contributed by atoms with Gasteiger partial charge in [-0.1, -0.05) is 24.3 Å². The topological polar surface area (TPSA) is 32.7 Å². The lowest BCUT2D eigenvalue weighted by Crippen LogP contribution is -2.59. The van der Waals surface area contributed by atoms with Crippen LogP contribution in [0.2, 0.25) is 0 Å². The largest absolute Gasteiger partial charge is 0.484 e. The monoisotopic (exact) mass is 335 g/mol. The van der Waals surface area contributed by atoms with E-state index < -0.39 is 0 Å². The first kappa shape index (κ1) is 14.6. The van der Waals surface area contributed by atoms with Crippen molar-refractivity contribution in [2.24, 2.45) is 5.92 Å².